The highest BCUT2D eigenvalue weighted by Gasteiger charge is 2.18. The third-order valence-electron chi connectivity index (χ3n) is 4.95. The number of rotatable bonds is 6. The summed E-state index contributed by atoms with van der Waals surface area (Å²) in [7, 11) is 0. The molecule has 0 aromatic heterocycles. The Morgan fingerprint density at radius 3 is 2.39 bits per heavy atom. The summed E-state index contributed by atoms with van der Waals surface area (Å²) in [4.78, 5) is 28.8. The van der Waals surface area contributed by atoms with Crippen LogP contribution in [0.25, 0.3) is 0 Å². The van der Waals surface area contributed by atoms with Gasteiger partial charge in [-0.15, -0.1) is 0 Å². The molecule has 0 spiro atoms. The van der Waals surface area contributed by atoms with E-state index in [1.807, 2.05) is 18.2 Å². The van der Waals surface area contributed by atoms with E-state index in [4.69, 9.17) is 11.6 Å². The lowest BCUT2D eigenvalue weighted by Gasteiger charge is -2.21. The van der Waals surface area contributed by atoms with E-state index in [9.17, 15) is 9.59 Å². The van der Waals surface area contributed by atoms with Crippen LogP contribution in [0.4, 0.5) is 5.69 Å². The van der Waals surface area contributed by atoms with Crippen molar-refractivity contribution in [3.05, 3.63) is 64.7 Å². The van der Waals surface area contributed by atoms with E-state index in [1.165, 1.54) is 12.5 Å². The van der Waals surface area contributed by atoms with Gasteiger partial charge in [0.2, 0.25) is 5.91 Å². The van der Waals surface area contributed by atoms with E-state index in [0.717, 1.165) is 44.2 Å². The largest absolute Gasteiger partial charge is 0.324 e. The van der Waals surface area contributed by atoms with Crippen LogP contribution in [0.3, 0.4) is 0 Å². The second-order valence-corrected chi connectivity index (χ2v) is 7.62. The van der Waals surface area contributed by atoms with Crippen LogP contribution in [0, 0.1) is 0 Å². The third kappa shape index (κ3) is 5.89. The molecule has 1 fully saturated rings. The Balaban J connectivity index is 1.51. The van der Waals surface area contributed by atoms with Gasteiger partial charge in [-0.3, -0.25) is 19.4 Å². The number of anilines is 1. The molecule has 2 aromatic rings. The summed E-state index contributed by atoms with van der Waals surface area (Å²) in [6.45, 7) is 6.39. The van der Waals surface area contributed by atoms with E-state index < -0.39 is 0 Å². The molecule has 1 heterocycles. The number of benzene rings is 2. The molecule has 0 unspecified atom stereocenters. The van der Waals surface area contributed by atoms with Crippen molar-refractivity contribution in [3.8, 4) is 0 Å². The first-order chi connectivity index (χ1) is 13.5. The Hall–Kier alpha value is -2.21. The van der Waals surface area contributed by atoms with Crippen LogP contribution >= 0.6 is 11.6 Å². The van der Waals surface area contributed by atoms with Crippen LogP contribution in [0.1, 0.15) is 29.3 Å². The smallest absolute Gasteiger partial charge is 0.238 e. The minimum absolute atomic E-state index is 0.0523. The van der Waals surface area contributed by atoms with Gasteiger partial charge in [0.1, 0.15) is 0 Å². The number of nitrogens with one attached hydrogen (secondary N) is 1. The molecule has 1 amide bonds. The van der Waals surface area contributed by atoms with Crippen molar-refractivity contribution >= 4 is 29.0 Å². The number of carbonyl (C=O) groups is 2. The zero-order valence-electron chi connectivity index (χ0n) is 16.2. The van der Waals surface area contributed by atoms with Gasteiger partial charge in [0.25, 0.3) is 0 Å². The highest BCUT2D eigenvalue weighted by atomic mass is 35.5. The van der Waals surface area contributed by atoms with Crippen LogP contribution in [0.2, 0.25) is 5.02 Å². The first-order valence-electron chi connectivity index (χ1n) is 9.60. The van der Waals surface area contributed by atoms with Gasteiger partial charge in [0.05, 0.1) is 12.2 Å². The fourth-order valence-electron chi connectivity index (χ4n) is 3.48. The lowest BCUT2D eigenvalue weighted by atomic mass is 10.1. The molecule has 148 valence electrons. The summed E-state index contributed by atoms with van der Waals surface area (Å²) in [6.07, 6.45) is 1.02. The van der Waals surface area contributed by atoms with E-state index >= 15 is 0 Å². The number of amides is 1. The van der Waals surface area contributed by atoms with Crippen LogP contribution in [0.15, 0.2) is 48.5 Å². The molecule has 2 aromatic carbocycles. The highest BCUT2D eigenvalue weighted by Crippen LogP contribution is 2.16. The summed E-state index contributed by atoms with van der Waals surface area (Å²) in [5, 5.41) is 3.64. The number of hydrogen-bond acceptors (Lipinski definition) is 4. The van der Waals surface area contributed by atoms with Gasteiger partial charge in [-0.2, -0.15) is 0 Å². The number of halogens is 1. The fourth-order valence-corrected chi connectivity index (χ4v) is 3.61. The van der Waals surface area contributed by atoms with Gasteiger partial charge in [-0.1, -0.05) is 35.9 Å². The molecular formula is C22H26ClN3O2. The number of ketones is 1. The number of carbonyl (C=O) groups excluding carboxylic acids is 2. The zero-order valence-corrected chi connectivity index (χ0v) is 16.9. The topological polar surface area (TPSA) is 52.7 Å². The molecule has 0 atom stereocenters. The van der Waals surface area contributed by atoms with Crippen molar-refractivity contribution < 1.29 is 9.59 Å². The SMILES string of the molecule is CC(=O)c1ccccc1NC(=O)CN1CCCN(Cc2ccc(Cl)cc2)CC1. The molecule has 6 heteroatoms. The molecule has 3 rings (SSSR count). The molecule has 0 radical (unpaired) electrons. The predicted octanol–water partition coefficient (Wildman–Crippen LogP) is 3.69. The lowest BCUT2D eigenvalue weighted by molar-refractivity contribution is -0.117. The van der Waals surface area contributed by atoms with Gasteiger partial charge in [-0.25, -0.2) is 0 Å². The predicted molar refractivity (Wildman–Crippen MR) is 113 cm³/mol. The summed E-state index contributed by atoms with van der Waals surface area (Å²) in [6, 6.07) is 15.1. The van der Waals surface area contributed by atoms with Gasteiger partial charge >= 0.3 is 0 Å². The Labute approximate surface area is 171 Å². The number of Topliss-reactive ketones (excluding diaryl/α,β-unsaturated/α-hetero) is 1. The second kappa shape index (κ2) is 9.82. The maximum atomic E-state index is 12.5. The molecule has 1 aliphatic heterocycles. The monoisotopic (exact) mass is 399 g/mol. The Morgan fingerprint density at radius 2 is 1.64 bits per heavy atom. The van der Waals surface area contributed by atoms with Gasteiger partial charge in [0, 0.05) is 30.2 Å². The summed E-state index contributed by atoms with van der Waals surface area (Å²) in [5.41, 5.74) is 2.37. The van der Waals surface area contributed by atoms with E-state index in [2.05, 4.69) is 27.2 Å². The highest BCUT2D eigenvalue weighted by molar-refractivity contribution is 6.30. The average Bonchev–Trinajstić information content (AvgIpc) is 2.89. The van der Waals surface area contributed by atoms with Crippen molar-refractivity contribution in [1.82, 2.24) is 9.80 Å². The molecule has 0 bridgehead atoms. The van der Waals surface area contributed by atoms with Crippen molar-refractivity contribution in [2.75, 3.05) is 38.0 Å². The number of nitrogens with zero attached hydrogens (tertiary/aromatic N) is 2. The maximum Gasteiger partial charge on any atom is 0.238 e. The second-order valence-electron chi connectivity index (χ2n) is 7.18. The minimum atomic E-state index is -0.0835. The van der Waals surface area contributed by atoms with Gasteiger partial charge < -0.3 is 5.32 Å². The Morgan fingerprint density at radius 1 is 0.964 bits per heavy atom. The molecule has 5 nitrogen and oxygen atoms in total. The van der Waals surface area contributed by atoms with Gasteiger partial charge in [0.15, 0.2) is 5.78 Å². The summed E-state index contributed by atoms with van der Waals surface area (Å²) < 4.78 is 0. The lowest BCUT2D eigenvalue weighted by Crippen LogP contribution is -2.36. The van der Waals surface area contributed by atoms with Crippen LogP contribution in [-0.2, 0) is 11.3 Å². The quantitative estimate of drug-likeness (QED) is 0.753. The Bertz CT molecular complexity index is 823. The third-order valence-corrected chi connectivity index (χ3v) is 5.20. The van der Waals surface area contributed by atoms with E-state index in [-0.39, 0.29) is 11.7 Å². The van der Waals surface area contributed by atoms with E-state index in [0.29, 0.717) is 17.8 Å². The molecule has 28 heavy (non-hydrogen) atoms. The molecule has 1 aliphatic rings. The van der Waals surface area contributed by atoms with Crippen LogP contribution in [-0.4, -0.2) is 54.2 Å². The van der Waals surface area contributed by atoms with Crippen LogP contribution < -0.4 is 5.32 Å². The standard InChI is InChI=1S/C22H26ClN3O2/c1-17(27)20-5-2-3-6-21(20)24-22(28)16-26-12-4-11-25(13-14-26)15-18-7-9-19(23)10-8-18/h2-3,5-10H,4,11-16H2,1H3,(H,24,28). The van der Waals surface area contributed by atoms with Crippen molar-refractivity contribution in [2.24, 2.45) is 0 Å². The minimum Gasteiger partial charge on any atom is -0.324 e. The van der Waals surface area contributed by atoms with Crippen molar-refractivity contribution in [1.29, 1.82) is 0 Å². The van der Waals surface area contributed by atoms with Gasteiger partial charge in [-0.05, 0) is 56.3 Å². The first kappa shape index (κ1) is 20.5. The summed E-state index contributed by atoms with van der Waals surface area (Å²) >= 11 is 5.96. The fraction of sp³-hybridized carbons (Fsp3) is 0.364. The normalized spacial score (nSPS) is 15.8. The maximum absolute atomic E-state index is 12.5. The Kier molecular flexibility index (Phi) is 7.20. The molecule has 1 saturated heterocycles. The summed E-state index contributed by atoms with van der Waals surface area (Å²) in [5.74, 6) is -0.136. The zero-order chi connectivity index (χ0) is 19.9. The molecular weight excluding hydrogens is 374 g/mol. The number of para-hydroxylation sites is 1. The molecule has 0 aliphatic carbocycles. The molecule has 0 saturated carbocycles. The van der Waals surface area contributed by atoms with Crippen molar-refractivity contribution in [3.63, 3.8) is 0 Å². The number of hydrogen-bond donors (Lipinski definition) is 1. The van der Waals surface area contributed by atoms with E-state index in [1.54, 1.807) is 18.2 Å². The van der Waals surface area contributed by atoms with Crippen molar-refractivity contribution in [2.45, 2.75) is 19.9 Å². The molecule has 1 N–H and O–H groups in total. The first-order valence-corrected chi connectivity index (χ1v) is 9.98. The average molecular weight is 400 g/mol. The van der Waals surface area contributed by atoms with Crippen LogP contribution in [0.5, 0.6) is 0 Å².